The Kier molecular flexibility index (Phi) is 5.74. The first-order chi connectivity index (χ1) is 13.1. The molecule has 3 rings (SSSR count). The number of carbonyl (C=O) groups excluding carboxylic acids is 1. The first kappa shape index (κ1) is 20.7. The third-order valence-electron chi connectivity index (χ3n) is 4.71. The van der Waals surface area contributed by atoms with Crippen molar-refractivity contribution in [3.05, 3.63) is 63.7 Å². The summed E-state index contributed by atoms with van der Waals surface area (Å²) in [7, 11) is -3.68. The van der Waals surface area contributed by atoms with Crippen molar-refractivity contribution < 1.29 is 22.0 Å². The van der Waals surface area contributed by atoms with Crippen molar-refractivity contribution in [2.24, 2.45) is 0 Å². The van der Waals surface area contributed by atoms with Gasteiger partial charge in [-0.15, -0.1) is 0 Å². The molecule has 0 N–H and O–H groups in total. The maximum absolute atomic E-state index is 13.5. The van der Waals surface area contributed by atoms with Crippen LogP contribution < -0.4 is 0 Å². The zero-order valence-electron chi connectivity index (χ0n) is 15.4. The Labute approximate surface area is 167 Å². The number of rotatable bonds is 3. The van der Waals surface area contributed by atoms with Gasteiger partial charge in [0, 0.05) is 26.2 Å². The SMILES string of the molecule is Cc1ccc(S(=O)(=O)N2CCN(C(=O)c3cc(F)c(F)cc3Cl)CC2)c(C)c1. The van der Waals surface area contributed by atoms with Crippen LogP contribution in [-0.4, -0.2) is 49.7 Å². The summed E-state index contributed by atoms with van der Waals surface area (Å²) in [6.07, 6.45) is 0. The van der Waals surface area contributed by atoms with E-state index in [0.29, 0.717) is 5.56 Å². The lowest BCUT2D eigenvalue weighted by atomic mass is 10.1. The summed E-state index contributed by atoms with van der Waals surface area (Å²) in [6.45, 7) is 4.07. The molecule has 0 aliphatic carbocycles. The molecule has 0 atom stereocenters. The Balaban J connectivity index is 1.75. The van der Waals surface area contributed by atoms with Gasteiger partial charge in [0.1, 0.15) is 0 Å². The van der Waals surface area contributed by atoms with Gasteiger partial charge in [-0.05, 0) is 37.6 Å². The summed E-state index contributed by atoms with van der Waals surface area (Å²) < 4.78 is 53.8. The van der Waals surface area contributed by atoms with Gasteiger partial charge in [-0.25, -0.2) is 17.2 Å². The molecular formula is C19H19ClF2N2O3S. The zero-order valence-corrected chi connectivity index (χ0v) is 16.9. The smallest absolute Gasteiger partial charge is 0.255 e. The van der Waals surface area contributed by atoms with E-state index in [0.717, 1.165) is 17.7 Å². The van der Waals surface area contributed by atoms with Gasteiger partial charge >= 0.3 is 0 Å². The normalized spacial score (nSPS) is 15.7. The number of piperazine rings is 1. The second kappa shape index (κ2) is 7.77. The highest BCUT2D eigenvalue weighted by molar-refractivity contribution is 7.89. The number of carbonyl (C=O) groups is 1. The van der Waals surface area contributed by atoms with Crippen LogP contribution in [0.5, 0.6) is 0 Å². The van der Waals surface area contributed by atoms with Crippen LogP contribution in [0.25, 0.3) is 0 Å². The topological polar surface area (TPSA) is 57.7 Å². The van der Waals surface area contributed by atoms with Crippen LogP contribution in [0.15, 0.2) is 35.2 Å². The van der Waals surface area contributed by atoms with Crippen LogP contribution in [0.1, 0.15) is 21.5 Å². The molecule has 5 nitrogen and oxygen atoms in total. The summed E-state index contributed by atoms with van der Waals surface area (Å²) in [6, 6.07) is 6.64. The Hall–Kier alpha value is -2.03. The lowest BCUT2D eigenvalue weighted by Crippen LogP contribution is -2.50. The van der Waals surface area contributed by atoms with E-state index in [1.54, 1.807) is 25.1 Å². The van der Waals surface area contributed by atoms with Crippen LogP contribution >= 0.6 is 11.6 Å². The van der Waals surface area contributed by atoms with Crippen molar-refractivity contribution in [1.29, 1.82) is 0 Å². The quantitative estimate of drug-likeness (QED) is 0.704. The maximum Gasteiger partial charge on any atom is 0.255 e. The van der Waals surface area contributed by atoms with E-state index < -0.39 is 27.6 Å². The van der Waals surface area contributed by atoms with Crippen LogP contribution in [-0.2, 0) is 10.0 Å². The molecule has 1 aliphatic heterocycles. The highest BCUT2D eigenvalue weighted by Gasteiger charge is 2.32. The van der Waals surface area contributed by atoms with Crippen LogP contribution in [0.2, 0.25) is 5.02 Å². The fourth-order valence-corrected chi connectivity index (χ4v) is 5.08. The number of sulfonamides is 1. The van der Waals surface area contributed by atoms with Gasteiger partial charge in [-0.2, -0.15) is 4.31 Å². The van der Waals surface area contributed by atoms with Gasteiger partial charge in [0.05, 0.1) is 15.5 Å². The first-order valence-electron chi connectivity index (χ1n) is 8.62. The third-order valence-corrected chi connectivity index (χ3v) is 7.09. The predicted octanol–water partition coefficient (Wildman–Crippen LogP) is 3.38. The summed E-state index contributed by atoms with van der Waals surface area (Å²) >= 11 is 5.87. The molecule has 0 bridgehead atoms. The van der Waals surface area contributed by atoms with E-state index in [1.165, 1.54) is 9.21 Å². The minimum atomic E-state index is -3.68. The van der Waals surface area contributed by atoms with Gasteiger partial charge in [0.25, 0.3) is 5.91 Å². The number of benzene rings is 2. The van der Waals surface area contributed by atoms with Crippen molar-refractivity contribution in [2.45, 2.75) is 18.7 Å². The molecule has 1 heterocycles. The van der Waals surface area contributed by atoms with Crippen molar-refractivity contribution in [3.8, 4) is 0 Å². The van der Waals surface area contributed by atoms with Crippen molar-refractivity contribution in [3.63, 3.8) is 0 Å². The molecule has 0 unspecified atom stereocenters. The highest BCUT2D eigenvalue weighted by Crippen LogP contribution is 2.25. The Bertz CT molecular complexity index is 1040. The molecule has 1 amide bonds. The molecule has 0 radical (unpaired) electrons. The Morgan fingerprint density at radius 1 is 1.00 bits per heavy atom. The van der Waals surface area contributed by atoms with Gasteiger partial charge < -0.3 is 4.90 Å². The summed E-state index contributed by atoms with van der Waals surface area (Å²) in [5.41, 5.74) is 1.48. The standard InChI is InChI=1S/C19H19ClF2N2O3S/c1-12-3-4-18(13(2)9-12)28(26,27)24-7-5-23(6-8-24)19(25)14-10-16(21)17(22)11-15(14)20/h3-4,9-11H,5-8H2,1-2H3. The summed E-state index contributed by atoms with van der Waals surface area (Å²) in [5.74, 6) is -2.86. The Morgan fingerprint density at radius 3 is 2.21 bits per heavy atom. The monoisotopic (exact) mass is 428 g/mol. The van der Waals surface area contributed by atoms with E-state index in [-0.39, 0.29) is 41.7 Å². The molecule has 9 heteroatoms. The lowest BCUT2D eigenvalue weighted by molar-refractivity contribution is 0.0697. The summed E-state index contributed by atoms with van der Waals surface area (Å²) in [4.78, 5) is 14.2. The maximum atomic E-state index is 13.5. The van der Waals surface area contributed by atoms with Crippen LogP contribution in [0, 0.1) is 25.5 Å². The van der Waals surface area contributed by atoms with Gasteiger partial charge in [-0.1, -0.05) is 29.3 Å². The molecule has 1 fully saturated rings. The number of aryl methyl sites for hydroxylation is 2. The highest BCUT2D eigenvalue weighted by atomic mass is 35.5. The molecule has 1 aliphatic rings. The third kappa shape index (κ3) is 3.90. The van der Waals surface area contributed by atoms with Gasteiger partial charge in [-0.3, -0.25) is 4.79 Å². The second-order valence-electron chi connectivity index (χ2n) is 6.71. The number of nitrogens with zero attached hydrogens (tertiary/aromatic N) is 2. The molecular weight excluding hydrogens is 410 g/mol. The van der Waals surface area contributed by atoms with Gasteiger partial charge in [0.2, 0.25) is 10.0 Å². The van der Waals surface area contributed by atoms with E-state index in [2.05, 4.69) is 0 Å². The zero-order chi connectivity index (χ0) is 20.6. The number of amides is 1. The number of hydrogen-bond donors (Lipinski definition) is 0. The average molecular weight is 429 g/mol. The van der Waals surface area contributed by atoms with Gasteiger partial charge in [0.15, 0.2) is 11.6 Å². The van der Waals surface area contributed by atoms with Crippen molar-refractivity contribution >= 4 is 27.5 Å². The van der Waals surface area contributed by atoms with Crippen LogP contribution in [0.3, 0.4) is 0 Å². The predicted molar refractivity (Wildman–Crippen MR) is 102 cm³/mol. The van der Waals surface area contributed by atoms with E-state index >= 15 is 0 Å². The molecule has 1 saturated heterocycles. The Morgan fingerprint density at radius 2 is 1.61 bits per heavy atom. The van der Waals surface area contributed by atoms with Crippen molar-refractivity contribution in [2.75, 3.05) is 26.2 Å². The number of hydrogen-bond acceptors (Lipinski definition) is 3. The average Bonchev–Trinajstić information content (AvgIpc) is 2.64. The van der Waals surface area contributed by atoms with Crippen molar-refractivity contribution in [1.82, 2.24) is 9.21 Å². The molecule has 0 saturated carbocycles. The van der Waals surface area contributed by atoms with Crippen LogP contribution in [0.4, 0.5) is 8.78 Å². The minimum Gasteiger partial charge on any atom is -0.336 e. The molecule has 0 spiro atoms. The molecule has 0 aromatic heterocycles. The largest absolute Gasteiger partial charge is 0.336 e. The lowest BCUT2D eigenvalue weighted by Gasteiger charge is -2.34. The summed E-state index contributed by atoms with van der Waals surface area (Å²) in [5, 5.41) is -0.186. The van der Waals surface area contributed by atoms with E-state index in [9.17, 15) is 22.0 Å². The fourth-order valence-electron chi connectivity index (χ4n) is 3.22. The fraction of sp³-hybridized carbons (Fsp3) is 0.316. The minimum absolute atomic E-state index is 0.0999. The second-order valence-corrected chi connectivity index (χ2v) is 9.02. The first-order valence-corrected chi connectivity index (χ1v) is 10.4. The van der Waals surface area contributed by atoms with E-state index in [4.69, 9.17) is 11.6 Å². The molecule has 2 aromatic carbocycles. The molecule has 28 heavy (non-hydrogen) atoms. The van der Waals surface area contributed by atoms with E-state index in [1.807, 2.05) is 6.92 Å². The number of halogens is 3. The molecule has 150 valence electrons. The molecule has 2 aromatic rings.